The zero-order valence-electron chi connectivity index (χ0n) is 14.5. The number of halogens is 1. The molecule has 0 heterocycles. The van der Waals surface area contributed by atoms with Gasteiger partial charge in [-0.3, -0.25) is 10.1 Å². The van der Waals surface area contributed by atoms with Gasteiger partial charge in [0.25, 0.3) is 5.91 Å². The van der Waals surface area contributed by atoms with Gasteiger partial charge in [-0.25, -0.2) is 0 Å². The molecule has 2 rings (SSSR count). The Balaban J connectivity index is 2.12. The fourth-order valence-corrected chi connectivity index (χ4v) is 2.79. The Bertz CT molecular complexity index is 793. The minimum atomic E-state index is -0.310. The number of ether oxygens (including phenoxy) is 1. The van der Waals surface area contributed by atoms with Crippen molar-refractivity contribution in [2.45, 2.75) is 27.2 Å². The molecule has 0 fully saturated rings. The summed E-state index contributed by atoms with van der Waals surface area (Å²) in [5.74, 6) is 0.229. The Hall–Kier alpha value is -1.92. The van der Waals surface area contributed by atoms with Crippen molar-refractivity contribution in [1.29, 1.82) is 0 Å². The van der Waals surface area contributed by atoms with Gasteiger partial charge in [0.15, 0.2) is 5.11 Å². The molecule has 0 atom stereocenters. The van der Waals surface area contributed by atoms with Crippen LogP contribution in [0.15, 0.2) is 40.9 Å². The Kier molecular flexibility index (Phi) is 6.96. The van der Waals surface area contributed by atoms with Crippen molar-refractivity contribution in [3.05, 3.63) is 57.6 Å². The van der Waals surface area contributed by atoms with Gasteiger partial charge in [-0.05, 0) is 67.9 Å². The van der Waals surface area contributed by atoms with Crippen LogP contribution in [0, 0.1) is 13.8 Å². The molecule has 0 aliphatic heterocycles. The monoisotopic (exact) mass is 420 g/mol. The number of benzene rings is 2. The maximum atomic E-state index is 12.6. The molecule has 0 aliphatic rings. The largest absolute Gasteiger partial charge is 0.493 e. The zero-order valence-corrected chi connectivity index (χ0v) is 16.9. The van der Waals surface area contributed by atoms with E-state index < -0.39 is 0 Å². The predicted molar refractivity (Wildman–Crippen MR) is 110 cm³/mol. The molecule has 0 aromatic heterocycles. The van der Waals surface area contributed by atoms with Gasteiger partial charge < -0.3 is 10.1 Å². The summed E-state index contributed by atoms with van der Waals surface area (Å²) >= 11 is 8.67. The first-order valence-electron chi connectivity index (χ1n) is 8.03. The van der Waals surface area contributed by atoms with E-state index in [1.54, 1.807) is 12.1 Å². The van der Waals surface area contributed by atoms with E-state index in [9.17, 15) is 4.79 Å². The maximum Gasteiger partial charge on any atom is 0.261 e. The molecule has 1 amide bonds. The second-order valence-electron chi connectivity index (χ2n) is 5.64. The summed E-state index contributed by atoms with van der Waals surface area (Å²) in [5, 5.41) is 6.04. The van der Waals surface area contributed by atoms with Crippen LogP contribution in [-0.4, -0.2) is 17.6 Å². The Morgan fingerprint density at radius 2 is 2.00 bits per heavy atom. The van der Waals surface area contributed by atoms with Gasteiger partial charge in [0, 0.05) is 10.2 Å². The van der Waals surface area contributed by atoms with Crippen LogP contribution in [0.2, 0.25) is 0 Å². The summed E-state index contributed by atoms with van der Waals surface area (Å²) < 4.78 is 6.45. The summed E-state index contributed by atoms with van der Waals surface area (Å²) in [6.07, 6.45) is 0.865. The second-order valence-corrected chi connectivity index (χ2v) is 6.97. The van der Waals surface area contributed by atoms with Crippen LogP contribution in [0.3, 0.4) is 0 Å². The molecule has 25 heavy (non-hydrogen) atoms. The summed E-state index contributed by atoms with van der Waals surface area (Å²) in [6, 6.07) is 11.2. The first-order valence-corrected chi connectivity index (χ1v) is 9.23. The van der Waals surface area contributed by atoms with Gasteiger partial charge in [0.2, 0.25) is 0 Å². The number of hydrogen-bond acceptors (Lipinski definition) is 3. The van der Waals surface area contributed by atoms with E-state index in [-0.39, 0.29) is 11.0 Å². The number of hydrogen-bond donors (Lipinski definition) is 2. The lowest BCUT2D eigenvalue weighted by atomic mass is 10.1. The second kappa shape index (κ2) is 8.97. The van der Waals surface area contributed by atoms with Crippen molar-refractivity contribution in [3.8, 4) is 5.75 Å². The highest BCUT2D eigenvalue weighted by Gasteiger charge is 2.15. The molecule has 2 N–H and O–H groups in total. The van der Waals surface area contributed by atoms with Crippen LogP contribution in [0.25, 0.3) is 0 Å². The molecule has 0 saturated heterocycles. The smallest absolute Gasteiger partial charge is 0.261 e. The predicted octanol–water partition coefficient (Wildman–Crippen LogP) is 4.98. The lowest BCUT2D eigenvalue weighted by Gasteiger charge is -2.15. The van der Waals surface area contributed by atoms with Gasteiger partial charge in [0.05, 0.1) is 12.2 Å². The van der Waals surface area contributed by atoms with Crippen LogP contribution in [0.4, 0.5) is 5.69 Å². The molecule has 0 radical (unpaired) electrons. The highest BCUT2D eigenvalue weighted by molar-refractivity contribution is 9.10. The minimum Gasteiger partial charge on any atom is -0.493 e. The third-order valence-corrected chi connectivity index (χ3v) is 4.43. The normalized spacial score (nSPS) is 10.2. The van der Waals surface area contributed by atoms with Crippen molar-refractivity contribution in [2.24, 2.45) is 0 Å². The number of rotatable bonds is 5. The van der Waals surface area contributed by atoms with Gasteiger partial charge in [-0.2, -0.15) is 0 Å². The molecular weight excluding hydrogens is 400 g/mol. The standard InChI is InChI=1S/C19H21BrN2O2S/c1-4-10-24-17-9-8-14(20)11-15(17)18(23)22-19(25)21-16-7-5-6-12(2)13(16)3/h5-9,11H,4,10H2,1-3H3,(H2,21,22,23,25). The van der Waals surface area contributed by atoms with Crippen LogP contribution >= 0.6 is 28.1 Å². The summed E-state index contributed by atoms with van der Waals surface area (Å²) in [7, 11) is 0. The Morgan fingerprint density at radius 1 is 1.24 bits per heavy atom. The van der Waals surface area contributed by atoms with E-state index in [2.05, 4.69) is 26.6 Å². The number of nitrogens with one attached hydrogen (secondary N) is 2. The number of thiocarbonyl (C=S) groups is 1. The molecule has 2 aromatic rings. The number of amides is 1. The fourth-order valence-electron chi connectivity index (χ4n) is 2.23. The molecular formula is C19H21BrN2O2S. The van der Waals surface area contributed by atoms with E-state index in [0.717, 1.165) is 27.7 Å². The third kappa shape index (κ3) is 5.28. The fraction of sp³-hybridized carbons (Fsp3) is 0.263. The van der Waals surface area contributed by atoms with Gasteiger partial charge in [-0.15, -0.1) is 0 Å². The first-order chi connectivity index (χ1) is 11.9. The van der Waals surface area contributed by atoms with E-state index in [1.165, 1.54) is 0 Å². The molecule has 0 aliphatic carbocycles. The van der Waals surface area contributed by atoms with Crippen molar-refractivity contribution in [3.63, 3.8) is 0 Å². The molecule has 0 saturated carbocycles. The molecule has 0 unspecified atom stereocenters. The van der Waals surface area contributed by atoms with Crippen molar-refractivity contribution < 1.29 is 9.53 Å². The Labute approximate surface area is 162 Å². The number of aryl methyl sites for hydroxylation is 1. The zero-order chi connectivity index (χ0) is 18.4. The first kappa shape index (κ1) is 19.4. The van der Waals surface area contributed by atoms with E-state index in [1.807, 2.05) is 45.0 Å². The molecule has 132 valence electrons. The molecule has 2 aromatic carbocycles. The lowest BCUT2D eigenvalue weighted by Crippen LogP contribution is -2.34. The summed E-state index contributed by atoms with van der Waals surface area (Å²) in [4.78, 5) is 12.6. The van der Waals surface area contributed by atoms with Crippen molar-refractivity contribution in [1.82, 2.24) is 5.32 Å². The average molecular weight is 421 g/mol. The van der Waals surface area contributed by atoms with E-state index in [0.29, 0.717) is 17.9 Å². The van der Waals surface area contributed by atoms with Crippen LogP contribution in [0.5, 0.6) is 5.75 Å². The number of anilines is 1. The van der Waals surface area contributed by atoms with E-state index in [4.69, 9.17) is 17.0 Å². The third-order valence-electron chi connectivity index (χ3n) is 3.73. The minimum absolute atomic E-state index is 0.250. The number of carbonyl (C=O) groups is 1. The lowest BCUT2D eigenvalue weighted by molar-refractivity contribution is 0.0973. The van der Waals surface area contributed by atoms with Crippen molar-refractivity contribution in [2.75, 3.05) is 11.9 Å². The highest BCUT2D eigenvalue weighted by Crippen LogP contribution is 2.24. The number of carbonyl (C=O) groups excluding carboxylic acids is 1. The average Bonchev–Trinajstić information content (AvgIpc) is 2.57. The molecule has 0 spiro atoms. The van der Waals surface area contributed by atoms with Crippen molar-refractivity contribution >= 4 is 44.9 Å². The maximum absolute atomic E-state index is 12.6. The highest BCUT2D eigenvalue weighted by atomic mass is 79.9. The van der Waals surface area contributed by atoms with Crippen LogP contribution in [0.1, 0.15) is 34.8 Å². The molecule has 0 bridgehead atoms. The summed E-state index contributed by atoms with van der Waals surface area (Å²) in [5.41, 5.74) is 3.56. The SMILES string of the molecule is CCCOc1ccc(Br)cc1C(=O)NC(=S)Nc1cccc(C)c1C. The van der Waals surface area contributed by atoms with Gasteiger partial charge >= 0.3 is 0 Å². The van der Waals surface area contributed by atoms with Gasteiger partial charge in [0.1, 0.15) is 5.75 Å². The molecule has 4 nitrogen and oxygen atoms in total. The molecule has 6 heteroatoms. The van der Waals surface area contributed by atoms with E-state index >= 15 is 0 Å². The summed E-state index contributed by atoms with van der Waals surface area (Å²) in [6.45, 7) is 6.60. The van der Waals surface area contributed by atoms with Crippen LogP contribution < -0.4 is 15.4 Å². The Morgan fingerprint density at radius 3 is 2.72 bits per heavy atom. The quantitative estimate of drug-likeness (QED) is 0.669. The topological polar surface area (TPSA) is 50.4 Å². The van der Waals surface area contributed by atoms with Gasteiger partial charge in [-0.1, -0.05) is 35.0 Å². The van der Waals surface area contributed by atoms with Crippen LogP contribution in [-0.2, 0) is 0 Å².